The monoisotopic (exact) mass is 133 g/mol. The Labute approximate surface area is 53.8 Å². The molecule has 8 heavy (non-hydrogen) atoms. The lowest BCUT2D eigenvalue weighted by atomic mass is 10.5. The van der Waals surface area contributed by atoms with Crippen molar-refractivity contribution in [1.29, 1.82) is 5.41 Å². The number of rotatable bonds is 3. The van der Waals surface area contributed by atoms with Gasteiger partial charge in [0, 0.05) is 12.4 Å². The van der Waals surface area contributed by atoms with Gasteiger partial charge in [-0.3, -0.25) is 5.41 Å². The van der Waals surface area contributed by atoms with Gasteiger partial charge in [-0.05, 0) is 13.3 Å². The molecule has 0 atom stereocenters. The van der Waals surface area contributed by atoms with Crippen molar-refractivity contribution >= 4 is 16.8 Å². The van der Waals surface area contributed by atoms with Crippen molar-refractivity contribution < 1.29 is 5.11 Å². The first kappa shape index (κ1) is 7.98. The third-order valence-electron chi connectivity index (χ3n) is 0.621. The molecule has 0 aliphatic rings. The molecule has 0 radical (unpaired) electrons. The third kappa shape index (κ3) is 5.98. The lowest BCUT2D eigenvalue weighted by molar-refractivity contribution is 0.296. The standard InChI is InChI=1S/C5H11NOS/c1-5(6)8-4-2-3-7/h6-7H,2-4H2,1H3. The van der Waals surface area contributed by atoms with Crippen LogP contribution in [0.4, 0.5) is 0 Å². The van der Waals surface area contributed by atoms with E-state index in [-0.39, 0.29) is 6.61 Å². The summed E-state index contributed by atoms with van der Waals surface area (Å²) in [5.74, 6) is 0.867. The average Bonchev–Trinajstić information content (AvgIpc) is 1.66. The van der Waals surface area contributed by atoms with Crippen molar-refractivity contribution in [3.63, 3.8) is 0 Å². The SMILES string of the molecule is CC(=N)SCCCO. The smallest absolute Gasteiger partial charge is 0.0610 e. The Bertz CT molecular complexity index is 74.8. The van der Waals surface area contributed by atoms with Gasteiger partial charge >= 0.3 is 0 Å². The van der Waals surface area contributed by atoms with Crippen molar-refractivity contribution in [2.75, 3.05) is 12.4 Å². The number of hydrogen-bond donors (Lipinski definition) is 2. The van der Waals surface area contributed by atoms with E-state index in [0.717, 1.165) is 12.2 Å². The van der Waals surface area contributed by atoms with Gasteiger partial charge in [0.05, 0.1) is 5.04 Å². The van der Waals surface area contributed by atoms with Crippen LogP contribution in [0.3, 0.4) is 0 Å². The minimum Gasteiger partial charge on any atom is -0.396 e. The van der Waals surface area contributed by atoms with Crippen LogP contribution >= 0.6 is 11.8 Å². The van der Waals surface area contributed by atoms with E-state index in [9.17, 15) is 0 Å². The molecular weight excluding hydrogens is 122 g/mol. The Morgan fingerprint density at radius 2 is 2.38 bits per heavy atom. The van der Waals surface area contributed by atoms with Crippen LogP contribution in [0.25, 0.3) is 0 Å². The summed E-state index contributed by atoms with van der Waals surface area (Å²) in [6.07, 6.45) is 0.793. The van der Waals surface area contributed by atoms with Crippen LogP contribution in [-0.2, 0) is 0 Å². The number of nitrogens with one attached hydrogen (secondary N) is 1. The molecule has 0 aliphatic carbocycles. The highest BCUT2D eigenvalue weighted by Crippen LogP contribution is 2.01. The summed E-state index contributed by atoms with van der Waals surface area (Å²) in [5.41, 5.74) is 0. The first-order chi connectivity index (χ1) is 3.77. The number of thioether (sulfide) groups is 1. The lowest BCUT2D eigenvalue weighted by Gasteiger charge is -1.92. The van der Waals surface area contributed by atoms with E-state index in [1.54, 1.807) is 6.92 Å². The van der Waals surface area contributed by atoms with E-state index in [4.69, 9.17) is 10.5 Å². The van der Waals surface area contributed by atoms with Crippen LogP contribution in [0.15, 0.2) is 0 Å². The van der Waals surface area contributed by atoms with Crippen LogP contribution in [-0.4, -0.2) is 22.5 Å². The van der Waals surface area contributed by atoms with Gasteiger partial charge < -0.3 is 5.11 Å². The zero-order chi connectivity index (χ0) is 6.41. The Balaban J connectivity index is 2.82. The average molecular weight is 133 g/mol. The van der Waals surface area contributed by atoms with Gasteiger partial charge in [-0.2, -0.15) is 0 Å². The second-order valence-electron chi connectivity index (χ2n) is 1.48. The predicted molar refractivity (Wildman–Crippen MR) is 37.6 cm³/mol. The summed E-state index contributed by atoms with van der Waals surface area (Å²) >= 11 is 1.48. The van der Waals surface area contributed by atoms with Gasteiger partial charge in [-0.25, -0.2) is 0 Å². The van der Waals surface area contributed by atoms with Crippen molar-refractivity contribution in [1.82, 2.24) is 0 Å². The van der Waals surface area contributed by atoms with Gasteiger partial charge in [0.2, 0.25) is 0 Å². The minimum atomic E-state index is 0.236. The fourth-order valence-electron chi connectivity index (χ4n) is 0.290. The van der Waals surface area contributed by atoms with E-state index in [1.807, 2.05) is 0 Å². The molecule has 0 unspecified atom stereocenters. The fourth-order valence-corrected chi connectivity index (χ4v) is 0.869. The molecule has 0 saturated heterocycles. The maximum atomic E-state index is 8.30. The van der Waals surface area contributed by atoms with Gasteiger partial charge in [-0.1, -0.05) is 0 Å². The third-order valence-corrected chi connectivity index (χ3v) is 1.55. The molecule has 0 aromatic carbocycles. The minimum absolute atomic E-state index is 0.236. The molecule has 2 nitrogen and oxygen atoms in total. The molecular formula is C5H11NOS. The molecule has 0 aliphatic heterocycles. The molecule has 3 heteroatoms. The number of hydrogen-bond acceptors (Lipinski definition) is 3. The van der Waals surface area contributed by atoms with Crippen molar-refractivity contribution in [2.24, 2.45) is 0 Å². The van der Waals surface area contributed by atoms with Crippen LogP contribution in [0, 0.1) is 5.41 Å². The zero-order valence-corrected chi connectivity index (χ0v) is 5.79. The summed E-state index contributed by atoms with van der Waals surface area (Å²) in [7, 11) is 0. The maximum Gasteiger partial charge on any atom is 0.0610 e. The second kappa shape index (κ2) is 5.12. The fraction of sp³-hybridized carbons (Fsp3) is 0.800. The van der Waals surface area contributed by atoms with Gasteiger partial charge in [0.1, 0.15) is 0 Å². The zero-order valence-electron chi connectivity index (χ0n) is 4.98. The molecule has 2 N–H and O–H groups in total. The highest BCUT2D eigenvalue weighted by atomic mass is 32.2. The van der Waals surface area contributed by atoms with E-state index in [2.05, 4.69) is 0 Å². The topological polar surface area (TPSA) is 44.1 Å². The number of aliphatic hydroxyl groups is 1. The Kier molecular flexibility index (Phi) is 5.11. The highest BCUT2D eigenvalue weighted by molar-refractivity contribution is 8.13. The van der Waals surface area contributed by atoms with Gasteiger partial charge in [0.15, 0.2) is 0 Å². The first-order valence-corrected chi connectivity index (χ1v) is 3.54. The molecule has 0 bridgehead atoms. The lowest BCUT2D eigenvalue weighted by Crippen LogP contribution is -1.88. The van der Waals surface area contributed by atoms with Crippen molar-refractivity contribution in [3.8, 4) is 0 Å². The molecule has 0 amide bonds. The highest BCUT2D eigenvalue weighted by Gasteiger charge is 1.86. The maximum absolute atomic E-state index is 8.30. The molecule has 0 heterocycles. The van der Waals surface area contributed by atoms with Gasteiger partial charge in [-0.15, -0.1) is 11.8 Å². The Morgan fingerprint density at radius 3 is 2.75 bits per heavy atom. The second-order valence-corrected chi connectivity index (χ2v) is 2.79. The first-order valence-electron chi connectivity index (χ1n) is 2.56. The van der Waals surface area contributed by atoms with Crippen molar-refractivity contribution in [2.45, 2.75) is 13.3 Å². The van der Waals surface area contributed by atoms with Crippen molar-refractivity contribution in [3.05, 3.63) is 0 Å². The largest absolute Gasteiger partial charge is 0.396 e. The molecule has 0 fully saturated rings. The number of aliphatic hydroxyl groups excluding tert-OH is 1. The van der Waals surface area contributed by atoms with Crippen LogP contribution in [0.1, 0.15) is 13.3 Å². The molecule has 48 valence electrons. The van der Waals surface area contributed by atoms with Gasteiger partial charge in [0.25, 0.3) is 0 Å². The summed E-state index contributed by atoms with van der Waals surface area (Å²) in [5, 5.41) is 15.9. The van der Waals surface area contributed by atoms with E-state index in [0.29, 0.717) is 5.04 Å². The van der Waals surface area contributed by atoms with Crippen LogP contribution in [0.2, 0.25) is 0 Å². The quantitative estimate of drug-likeness (QED) is 0.344. The molecule has 0 spiro atoms. The Morgan fingerprint density at radius 1 is 1.75 bits per heavy atom. The van der Waals surface area contributed by atoms with E-state index < -0.39 is 0 Å². The molecule has 0 aromatic heterocycles. The Hall–Kier alpha value is -0.0200. The predicted octanol–water partition coefficient (Wildman–Crippen LogP) is 1.10. The summed E-state index contributed by atoms with van der Waals surface area (Å²) in [4.78, 5) is 0. The molecule has 0 saturated carbocycles. The van der Waals surface area contributed by atoms with E-state index >= 15 is 0 Å². The van der Waals surface area contributed by atoms with Crippen LogP contribution < -0.4 is 0 Å². The summed E-state index contributed by atoms with van der Waals surface area (Å²) < 4.78 is 0. The summed E-state index contributed by atoms with van der Waals surface area (Å²) in [6, 6.07) is 0. The normalized spacial score (nSPS) is 9.25. The molecule has 0 rings (SSSR count). The van der Waals surface area contributed by atoms with E-state index in [1.165, 1.54) is 11.8 Å². The summed E-state index contributed by atoms with van der Waals surface area (Å²) in [6.45, 7) is 1.99. The van der Waals surface area contributed by atoms with Crippen LogP contribution in [0.5, 0.6) is 0 Å². The molecule has 0 aromatic rings.